The minimum Gasteiger partial charge on any atom is -0.443 e. The zero-order valence-corrected chi connectivity index (χ0v) is 9.23. The molecule has 0 fully saturated rings. The van der Waals surface area contributed by atoms with Crippen molar-refractivity contribution in [3.05, 3.63) is 12.0 Å². The highest BCUT2D eigenvalue weighted by Crippen LogP contribution is 2.11. The highest BCUT2D eigenvalue weighted by atomic mass is 16.6. The molecule has 0 spiro atoms. The third-order valence-electron chi connectivity index (χ3n) is 1.36. The van der Waals surface area contributed by atoms with Gasteiger partial charge in [-0.25, -0.2) is 10.1 Å². The molecular weight excluding hydrogens is 214 g/mol. The SMILES string of the molecule is CC(C)(C)OC(=O)Nc1nc(C(N)=O)co1. The van der Waals surface area contributed by atoms with Gasteiger partial charge in [-0.15, -0.1) is 0 Å². The zero-order chi connectivity index (χ0) is 12.3. The highest BCUT2D eigenvalue weighted by Gasteiger charge is 2.18. The van der Waals surface area contributed by atoms with Gasteiger partial charge in [0, 0.05) is 0 Å². The molecule has 1 rings (SSSR count). The Labute approximate surface area is 92.0 Å². The van der Waals surface area contributed by atoms with E-state index >= 15 is 0 Å². The number of amides is 2. The average Bonchev–Trinajstić information content (AvgIpc) is 2.48. The van der Waals surface area contributed by atoms with E-state index in [0.717, 1.165) is 6.26 Å². The second-order valence-corrected chi connectivity index (χ2v) is 4.03. The van der Waals surface area contributed by atoms with Crippen molar-refractivity contribution in [1.29, 1.82) is 0 Å². The molecule has 0 saturated heterocycles. The van der Waals surface area contributed by atoms with Gasteiger partial charge in [0.25, 0.3) is 5.91 Å². The molecule has 3 N–H and O–H groups in total. The van der Waals surface area contributed by atoms with E-state index in [1.54, 1.807) is 20.8 Å². The predicted molar refractivity (Wildman–Crippen MR) is 54.9 cm³/mol. The Bertz CT molecular complexity index is 405. The molecule has 7 heteroatoms. The molecule has 1 heterocycles. The Hall–Kier alpha value is -2.05. The fourth-order valence-corrected chi connectivity index (χ4v) is 0.835. The Morgan fingerprint density at radius 2 is 2.12 bits per heavy atom. The first kappa shape index (κ1) is 12.0. The topological polar surface area (TPSA) is 107 Å². The van der Waals surface area contributed by atoms with E-state index < -0.39 is 17.6 Å². The molecule has 88 valence electrons. The van der Waals surface area contributed by atoms with Crippen LogP contribution in [-0.2, 0) is 4.74 Å². The molecule has 0 atom stereocenters. The van der Waals surface area contributed by atoms with Crippen LogP contribution in [-0.4, -0.2) is 22.6 Å². The van der Waals surface area contributed by atoms with Crippen LogP contribution in [0.3, 0.4) is 0 Å². The fourth-order valence-electron chi connectivity index (χ4n) is 0.835. The molecule has 0 unspecified atom stereocenters. The molecule has 2 amide bonds. The summed E-state index contributed by atoms with van der Waals surface area (Å²) in [6.07, 6.45) is 0.333. The quantitative estimate of drug-likeness (QED) is 0.787. The van der Waals surface area contributed by atoms with Gasteiger partial charge in [0.05, 0.1) is 0 Å². The van der Waals surface area contributed by atoms with Gasteiger partial charge in [-0.1, -0.05) is 0 Å². The van der Waals surface area contributed by atoms with Gasteiger partial charge < -0.3 is 14.9 Å². The van der Waals surface area contributed by atoms with Crippen molar-refractivity contribution < 1.29 is 18.7 Å². The van der Waals surface area contributed by atoms with E-state index in [1.165, 1.54) is 0 Å². The van der Waals surface area contributed by atoms with Gasteiger partial charge in [-0.2, -0.15) is 4.98 Å². The number of carbonyl (C=O) groups excluding carboxylic acids is 2. The lowest BCUT2D eigenvalue weighted by atomic mass is 10.2. The van der Waals surface area contributed by atoms with Crippen LogP contribution in [0.5, 0.6) is 0 Å². The number of nitrogens with two attached hydrogens (primary N) is 1. The molecule has 1 aromatic heterocycles. The molecule has 0 aliphatic heterocycles. The summed E-state index contributed by atoms with van der Waals surface area (Å²) in [6.45, 7) is 5.16. The Morgan fingerprint density at radius 3 is 2.56 bits per heavy atom. The number of hydrogen-bond acceptors (Lipinski definition) is 5. The number of rotatable bonds is 2. The van der Waals surface area contributed by atoms with E-state index in [-0.39, 0.29) is 11.7 Å². The maximum atomic E-state index is 11.3. The first-order valence-corrected chi connectivity index (χ1v) is 4.53. The second kappa shape index (κ2) is 4.21. The highest BCUT2D eigenvalue weighted by molar-refractivity contribution is 5.91. The van der Waals surface area contributed by atoms with E-state index in [2.05, 4.69) is 10.3 Å². The van der Waals surface area contributed by atoms with Crippen LogP contribution in [0.2, 0.25) is 0 Å². The molecule has 0 aliphatic carbocycles. The molecule has 0 saturated carbocycles. The summed E-state index contributed by atoms with van der Waals surface area (Å²) in [5.74, 6) is -0.735. The van der Waals surface area contributed by atoms with Crippen LogP contribution in [0.25, 0.3) is 0 Å². The number of anilines is 1. The van der Waals surface area contributed by atoms with Gasteiger partial charge in [0.15, 0.2) is 5.69 Å². The van der Waals surface area contributed by atoms with Crippen molar-refractivity contribution in [3.63, 3.8) is 0 Å². The third-order valence-corrected chi connectivity index (χ3v) is 1.36. The van der Waals surface area contributed by atoms with Crippen molar-refractivity contribution in [2.45, 2.75) is 26.4 Å². The van der Waals surface area contributed by atoms with Gasteiger partial charge >= 0.3 is 12.1 Å². The van der Waals surface area contributed by atoms with Crippen molar-refractivity contribution in [3.8, 4) is 0 Å². The van der Waals surface area contributed by atoms with E-state index in [0.29, 0.717) is 0 Å². The molecule has 0 bridgehead atoms. The van der Waals surface area contributed by atoms with Crippen LogP contribution < -0.4 is 11.1 Å². The molecule has 7 nitrogen and oxygen atoms in total. The van der Waals surface area contributed by atoms with Crippen LogP contribution in [0.4, 0.5) is 10.8 Å². The normalized spacial score (nSPS) is 10.9. The summed E-state index contributed by atoms with van der Waals surface area (Å²) >= 11 is 0. The largest absolute Gasteiger partial charge is 0.443 e. The number of hydrogen-bond donors (Lipinski definition) is 2. The number of ether oxygens (including phenoxy) is 1. The summed E-state index contributed by atoms with van der Waals surface area (Å²) in [5, 5.41) is 2.23. The third kappa shape index (κ3) is 3.60. The number of oxazole rings is 1. The van der Waals surface area contributed by atoms with E-state index in [1.807, 2.05) is 0 Å². The summed E-state index contributed by atoms with van der Waals surface area (Å²) in [4.78, 5) is 25.6. The number of nitrogens with one attached hydrogen (secondary N) is 1. The van der Waals surface area contributed by atoms with Gasteiger partial charge in [0.1, 0.15) is 11.9 Å². The number of aromatic nitrogens is 1. The molecule has 0 aliphatic rings. The first-order valence-electron chi connectivity index (χ1n) is 4.53. The number of primary amides is 1. The first-order chi connectivity index (χ1) is 7.28. The van der Waals surface area contributed by atoms with E-state index in [9.17, 15) is 9.59 Å². The minimum absolute atomic E-state index is 0.0638. The summed E-state index contributed by atoms with van der Waals surface area (Å²) in [6, 6.07) is -0.136. The minimum atomic E-state index is -0.735. The summed E-state index contributed by atoms with van der Waals surface area (Å²) < 4.78 is 9.73. The average molecular weight is 227 g/mol. The standard InChI is InChI=1S/C9H13N3O4/c1-9(2,3)16-8(14)12-7-11-5(4-15-7)6(10)13/h4H,1-3H3,(H2,10,13)(H,11,12,14). The fraction of sp³-hybridized carbons (Fsp3) is 0.444. The lowest BCUT2D eigenvalue weighted by Gasteiger charge is -2.18. The van der Waals surface area contributed by atoms with Crippen LogP contribution in [0, 0.1) is 0 Å². The van der Waals surface area contributed by atoms with Crippen molar-refractivity contribution in [2.24, 2.45) is 5.73 Å². The lowest BCUT2D eigenvalue weighted by Crippen LogP contribution is -2.27. The van der Waals surface area contributed by atoms with Gasteiger partial charge in [-0.05, 0) is 20.8 Å². The molecular formula is C9H13N3O4. The molecule has 0 radical (unpaired) electrons. The van der Waals surface area contributed by atoms with Crippen LogP contribution in [0.15, 0.2) is 10.7 Å². The Kier molecular flexibility index (Phi) is 3.17. The summed E-state index contributed by atoms with van der Waals surface area (Å²) in [7, 11) is 0. The Morgan fingerprint density at radius 1 is 1.50 bits per heavy atom. The maximum absolute atomic E-state index is 11.3. The smallest absolute Gasteiger partial charge is 0.415 e. The zero-order valence-electron chi connectivity index (χ0n) is 9.23. The lowest BCUT2D eigenvalue weighted by molar-refractivity contribution is 0.0631. The van der Waals surface area contributed by atoms with Gasteiger partial charge in [-0.3, -0.25) is 4.79 Å². The van der Waals surface area contributed by atoms with Crippen molar-refractivity contribution >= 4 is 18.0 Å². The molecule has 0 aromatic carbocycles. The monoisotopic (exact) mass is 227 g/mol. The molecule has 1 aromatic rings. The van der Waals surface area contributed by atoms with Crippen LogP contribution in [0.1, 0.15) is 31.3 Å². The predicted octanol–water partition coefficient (Wildman–Crippen LogP) is 1.12. The van der Waals surface area contributed by atoms with Crippen molar-refractivity contribution in [2.75, 3.05) is 5.32 Å². The number of nitrogens with zero attached hydrogens (tertiary/aromatic N) is 1. The molecule has 16 heavy (non-hydrogen) atoms. The van der Waals surface area contributed by atoms with Gasteiger partial charge in [0.2, 0.25) is 0 Å². The number of carbonyl (C=O) groups is 2. The van der Waals surface area contributed by atoms with Crippen molar-refractivity contribution in [1.82, 2.24) is 4.98 Å². The Balaban J connectivity index is 2.60. The van der Waals surface area contributed by atoms with E-state index in [4.69, 9.17) is 14.9 Å². The second-order valence-electron chi connectivity index (χ2n) is 4.03. The van der Waals surface area contributed by atoms with Crippen LogP contribution >= 0.6 is 0 Å². The summed E-state index contributed by atoms with van der Waals surface area (Å²) in [5.41, 5.74) is 4.27. The maximum Gasteiger partial charge on any atom is 0.415 e.